The van der Waals surface area contributed by atoms with Crippen LogP contribution in [-0.2, 0) is 22.4 Å². The number of carbonyl (C=O) groups is 3. The Morgan fingerprint density at radius 2 is 1.57 bits per heavy atom. The van der Waals surface area contributed by atoms with Crippen molar-refractivity contribution in [3.05, 3.63) is 59.9 Å². The highest BCUT2D eigenvalue weighted by atomic mass is 16.5. The second kappa shape index (κ2) is 7.80. The molecule has 0 atom stereocenters. The van der Waals surface area contributed by atoms with Crippen molar-refractivity contribution in [2.24, 2.45) is 5.41 Å². The number of imide groups is 2. The van der Waals surface area contributed by atoms with E-state index >= 15 is 0 Å². The molecule has 0 aliphatic carbocycles. The lowest BCUT2D eigenvalue weighted by Gasteiger charge is -2.42. The van der Waals surface area contributed by atoms with E-state index in [0.29, 0.717) is 12.2 Å². The van der Waals surface area contributed by atoms with Gasteiger partial charge < -0.3 is 4.74 Å². The summed E-state index contributed by atoms with van der Waals surface area (Å²) in [6.07, 6.45) is 4.28. The molecule has 0 N–H and O–H groups in total. The molecule has 7 heteroatoms. The van der Waals surface area contributed by atoms with Gasteiger partial charge in [-0.05, 0) is 48.6 Å². The number of barbiturate groups is 1. The van der Waals surface area contributed by atoms with Gasteiger partial charge in [-0.25, -0.2) is 4.79 Å². The summed E-state index contributed by atoms with van der Waals surface area (Å²) in [6, 6.07) is 10.4. The third-order valence-corrected chi connectivity index (χ3v) is 5.28. The molecular formula is C21H23N3O4. The van der Waals surface area contributed by atoms with Crippen LogP contribution >= 0.6 is 0 Å². The van der Waals surface area contributed by atoms with E-state index in [-0.39, 0.29) is 12.8 Å². The summed E-state index contributed by atoms with van der Waals surface area (Å²) in [5.74, 6) is -0.366. The zero-order chi connectivity index (χ0) is 20.3. The van der Waals surface area contributed by atoms with E-state index in [9.17, 15) is 14.4 Å². The normalized spacial score (nSPS) is 16.5. The van der Waals surface area contributed by atoms with Gasteiger partial charge >= 0.3 is 6.03 Å². The molecule has 1 aromatic carbocycles. The Morgan fingerprint density at radius 3 is 2.18 bits per heavy atom. The molecule has 1 fully saturated rings. The van der Waals surface area contributed by atoms with Crippen LogP contribution in [0.5, 0.6) is 5.75 Å². The van der Waals surface area contributed by atoms with Gasteiger partial charge in [0.2, 0.25) is 11.8 Å². The fraction of sp³-hybridized carbons (Fsp3) is 0.333. The summed E-state index contributed by atoms with van der Waals surface area (Å²) in [5, 5.41) is 0. The van der Waals surface area contributed by atoms with E-state index in [1.54, 1.807) is 25.6 Å². The first-order valence-corrected chi connectivity index (χ1v) is 9.02. The molecule has 7 nitrogen and oxygen atoms in total. The molecule has 2 heterocycles. The van der Waals surface area contributed by atoms with E-state index in [4.69, 9.17) is 4.74 Å². The molecule has 1 aromatic heterocycles. The van der Waals surface area contributed by atoms with Gasteiger partial charge in [0.05, 0.1) is 7.11 Å². The first-order valence-electron chi connectivity index (χ1n) is 9.02. The van der Waals surface area contributed by atoms with Crippen LogP contribution in [0, 0.1) is 5.41 Å². The first kappa shape index (κ1) is 19.5. The molecule has 0 spiro atoms. The Labute approximate surface area is 163 Å². The average molecular weight is 381 g/mol. The predicted molar refractivity (Wildman–Crippen MR) is 103 cm³/mol. The van der Waals surface area contributed by atoms with Crippen molar-refractivity contribution >= 4 is 17.8 Å². The third-order valence-electron chi connectivity index (χ3n) is 5.28. The third kappa shape index (κ3) is 3.35. The maximum absolute atomic E-state index is 13.2. The van der Waals surface area contributed by atoms with Crippen molar-refractivity contribution in [2.45, 2.75) is 19.3 Å². The maximum Gasteiger partial charge on any atom is 0.332 e. The van der Waals surface area contributed by atoms with Crippen molar-refractivity contribution in [1.82, 2.24) is 14.8 Å². The monoisotopic (exact) mass is 381 g/mol. The van der Waals surface area contributed by atoms with Crippen molar-refractivity contribution in [2.75, 3.05) is 21.2 Å². The number of hydrogen-bond donors (Lipinski definition) is 0. The highest BCUT2D eigenvalue weighted by Crippen LogP contribution is 2.38. The number of methoxy groups -OCH3 is 1. The zero-order valence-corrected chi connectivity index (χ0v) is 16.2. The number of aromatic nitrogens is 1. The number of benzene rings is 1. The van der Waals surface area contributed by atoms with Gasteiger partial charge in [-0.3, -0.25) is 24.4 Å². The Morgan fingerprint density at radius 1 is 0.964 bits per heavy atom. The minimum absolute atomic E-state index is 0.154. The summed E-state index contributed by atoms with van der Waals surface area (Å²) in [7, 11) is 4.38. The lowest BCUT2D eigenvalue weighted by atomic mass is 9.73. The molecule has 3 rings (SSSR count). The fourth-order valence-electron chi connectivity index (χ4n) is 3.67. The van der Waals surface area contributed by atoms with Crippen molar-refractivity contribution in [3.63, 3.8) is 0 Å². The number of ether oxygens (including phenoxy) is 1. The van der Waals surface area contributed by atoms with Gasteiger partial charge in [-0.15, -0.1) is 0 Å². The lowest BCUT2D eigenvalue weighted by molar-refractivity contribution is -0.157. The molecule has 2 aromatic rings. The summed E-state index contributed by atoms with van der Waals surface area (Å²) in [6.45, 7) is 0. The Hall–Kier alpha value is -3.22. The van der Waals surface area contributed by atoms with Gasteiger partial charge in [-0.2, -0.15) is 0 Å². The Balaban J connectivity index is 2.03. The van der Waals surface area contributed by atoms with Crippen LogP contribution < -0.4 is 4.74 Å². The summed E-state index contributed by atoms with van der Waals surface area (Å²) >= 11 is 0. The highest BCUT2D eigenvalue weighted by molar-refractivity contribution is 6.18. The molecule has 1 saturated heterocycles. The minimum atomic E-state index is -1.38. The second-order valence-electron chi connectivity index (χ2n) is 6.94. The van der Waals surface area contributed by atoms with Crippen LogP contribution in [0.25, 0.3) is 0 Å². The number of nitrogens with zero attached hydrogens (tertiary/aromatic N) is 3. The molecule has 0 radical (unpaired) electrons. The summed E-state index contributed by atoms with van der Waals surface area (Å²) in [5.41, 5.74) is 0.338. The smallest absolute Gasteiger partial charge is 0.332 e. The van der Waals surface area contributed by atoms with Gasteiger partial charge in [-0.1, -0.05) is 18.2 Å². The van der Waals surface area contributed by atoms with Gasteiger partial charge in [0.15, 0.2) is 0 Å². The van der Waals surface area contributed by atoms with Crippen LogP contribution in [0.15, 0.2) is 48.8 Å². The van der Waals surface area contributed by atoms with Gasteiger partial charge in [0, 0.05) is 26.5 Å². The number of rotatable bonds is 6. The standard InChI is InChI=1S/C21H23N3O4/c1-23-18(25)21(19(26)24(2)20(23)27,11-8-15-9-12-22-13-10-15)14-16-6-4-5-7-17(16)28-3/h4-7,9-10,12-13H,8,11,14H2,1-3H3. The fourth-order valence-corrected chi connectivity index (χ4v) is 3.67. The second-order valence-corrected chi connectivity index (χ2v) is 6.94. The molecule has 146 valence electrons. The van der Waals surface area contributed by atoms with Crippen molar-refractivity contribution < 1.29 is 19.1 Å². The Bertz CT molecular complexity index is 874. The van der Waals surface area contributed by atoms with E-state index in [2.05, 4.69) is 4.98 Å². The molecule has 0 saturated carbocycles. The SMILES string of the molecule is COc1ccccc1CC1(CCc2ccncc2)C(=O)N(C)C(=O)N(C)C1=O. The quantitative estimate of drug-likeness (QED) is 0.718. The number of aryl methyl sites for hydroxylation is 1. The predicted octanol–water partition coefficient (Wildman–Crippen LogP) is 2.30. The van der Waals surface area contributed by atoms with Crippen LogP contribution in [-0.4, -0.2) is 53.8 Å². The lowest BCUT2D eigenvalue weighted by Crippen LogP contribution is -2.63. The number of carbonyl (C=O) groups excluding carboxylic acids is 3. The van der Waals surface area contributed by atoms with Crippen LogP contribution in [0.2, 0.25) is 0 Å². The van der Waals surface area contributed by atoms with E-state index in [1.165, 1.54) is 14.1 Å². The van der Waals surface area contributed by atoms with Crippen LogP contribution in [0.1, 0.15) is 17.5 Å². The number of hydrogen-bond acceptors (Lipinski definition) is 5. The molecular weight excluding hydrogens is 358 g/mol. The van der Waals surface area contributed by atoms with E-state index < -0.39 is 23.3 Å². The topological polar surface area (TPSA) is 79.8 Å². The summed E-state index contributed by atoms with van der Waals surface area (Å²) < 4.78 is 5.41. The average Bonchev–Trinajstić information content (AvgIpc) is 2.74. The van der Waals surface area contributed by atoms with Gasteiger partial charge in [0.1, 0.15) is 11.2 Å². The number of pyridine rings is 1. The summed E-state index contributed by atoms with van der Waals surface area (Å²) in [4.78, 5) is 44.8. The van der Waals surface area contributed by atoms with Crippen molar-refractivity contribution in [3.8, 4) is 5.75 Å². The van der Waals surface area contributed by atoms with Crippen molar-refractivity contribution in [1.29, 1.82) is 0 Å². The molecule has 0 unspecified atom stereocenters. The van der Waals surface area contributed by atoms with Crippen LogP contribution in [0.4, 0.5) is 4.79 Å². The molecule has 28 heavy (non-hydrogen) atoms. The molecule has 1 aliphatic heterocycles. The Kier molecular flexibility index (Phi) is 5.44. The zero-order valence-electron chi connectivity index (χ0n) is 16.2. The largest absolute Gasteiger partial charge is 0.496 e. The number of urea groups is 1. The minimum Gasteiger partial charge on any atom is -0.496 e. The molecule has 0 bridgehead atoms. The van der Waals surface area contributed by atoms with E-state index in [0.717, 1.165) is 20.9 Å². The van der Waals surface area contributed by atoms with Crippen LogP contribution in [0.3, 0.4) is 0 Å². The first-order chi connectivity index (χ1) is 13.4. The van der Waals surface area contributed by atoms with Gasteiger partial charge in [0.25, 0.3) is 0 Å². The molecule has 4 amide bonds. The maximum atomic E-state index is 13.2. The highest BCUT2D eigenvalue weighted by Gasteiger charge is 2.55. The number of amides is 4. The molecule has 1 aliphatic rings. The number of para-hydroxylation sites is 1. The van der Waals surface area contributed by atoms with E-state index in [1.807, 2.05) is 30.3 Å².